The highest BCUT2D eigenvalue weighted by molar-refractivity contribution is 5.86. The molecule has 0 aliphatic carbocycles. The summed E-state index contributed by atoms with van der Waals surface area (Å²) < 4.78 is 40.9. The number of benzene rings is 1. The molecule has 0 saturated carbocycles. The average molecular weight is 360 g/mol. The molecule has 0 atom stereocenters. The molecule has 0 fully saturated rings. The van der Waals surface area contributed by atoms with Crippen molar-refractivity contribution in [2.45, 2.75) is 26.6 Å². The molecule has 0 unspecified atom stereocenters. The third kappa shape index (κ3) is 9.43. The summed E-state index contributed by atoms with van der Waals surface area (Å²) in [7, 11) is 0. The van der Waals surface area contributed by atoms with Gasteiger partial charge in [-0.2, -0.15) is 13.2 Å². The lowest BCUT2D eigenvalue weighted by Crippen LogP contribution is -2.43. The zero-order valence-corrected chi connectivity index (χ0v) is 14.2. The number of likely N-dealkylation sites (N-methyl/N-ethyl adjacent to an activating group) is 1. The lowest BCUT2D eigenvalue weighted by atomic mass is 10.2. The van der Waals surface area contributed by atoms with Crippen molar-refractivity contribution in [3.63, 3.8) is 0 Å². The fourth-order valence-electron chi connectivity index (χ4n) is 1.79. The normalized spacial score (nSPS) is 11.8. The van der Waals surface area contributed by atoms with Crippen LogP contribution in [-0.2, 0) is 11.3 Å². The number of hydrogen-bond donors (Lipinski definition) is 3. The van der Waals surface area contributed by atoms with Gasteiger partial charge in [0.25, 0.3) is 0 Å². The highest BCUT2D eigenvalue weighted by atomic mass is 19.4. The molecule has 0 aliphatic rings. The van der Waals surface area contributed by atoms with Crippen molar-refractivity contribution in [1.29, 1.82) is 0 Å². The minimum atomic E-state index is -4.36. The van der Waals surface area contributed by atoms with Crippen molar-refractivity contribution in [3.8, 4) is 5.75 Å². The second-order valence-electron chi connectivity index (χ2n) is 5.05. The number of ether oxygens (including phenoxy) is 1. The van der Waals surface area contributed by atoms with E-state index in [1.807, 2.05) is 13.8 Å². The van der Waals surface area contributed by atoms with E-state index in [-0.39, 0.29) is 18.2 Å². The number of aliphatic imine (C=N–C) groups is 1. The number of carbonyl (C=O) groups is 1. The molecule has 25 heavy (non-hydrogen) atoms. The monoisotopic (exact) mass is 360 g/mol. The standard InChI is InChI=1S/C16H23F3N4O2/c1-3-20-14(24)10-23-15(21-4-2)22-9-12-5-7-13(8-6-12)25-11-16(17,18)19/h5-8H,3-4,9-11H2,1-2H3,(H,20,24)(H2,21,22,23). The van der Waals surface area contributed by atoms with Crippen molar-refractivity contribution in [2.75, 3.05) is 26.2 Å². The van der Waals surface area contributed by atoms with E-state index >= 15 is 0 Å². The number of rotatable bonds is 8. The Bertz CT molecular complexity index is 559. The maximum Gasteiger partial charge on any atom is 0.422 e. The van der Waals surface area contributed by atoms with Crippen LogP contribution in [-0.4, -0.2) is 44.3 Å². The van der Waals surface area contributed by atoms with E-state index in [1.54, 1.807) is 12.1 Å². The van der Waals surface area contributed by atoms with Crippen LogP contribution in [0, 0.1) is 0 Å². The van der Waals surface area contributed by atoms with Crippen LogP contribution in [0.1, 0.15) is 19.4 Å². The van der Waals surface area contributed by atoms with Crippen molar-refractivity contribution >= 4 is 11.9 Å². The van der Waals surface area contributed by atoms with Crippen LogP contribution in [0.3, 0.4) is 0 Å². The maximum atomic E-state index is 12.1. The molecule has 9 heteroatoms. The number of nitrogens with one attached hydrogen (secondary N) is 3. The van der Waals surface area contributed by atoms with Crippen LogP contribution in [0.25, 0.3) is 0 Å². The Kier molecular flexibility index (Phi) is 8.59. The van der Waals surface area contributed by atoms with Gasteiger partial charge in [0, 0.05) is 13.1 Å². The molecule has 1 aromatic carbocycles. The van der Waals surface area contributed by atoms with Gasteiger partial charge in [0.15, 0.2) is 12.6 Å². The van der Waals surface area contributed by atoms with Crippen LogP contribution >= 0.6 is 0 Å². The predicted molar refractivity (Wildman–Crippen MR) is 89.5 cm³/mol. The molecule has 0 aromatic heterocycles. The first kappa shape index (κ1) is 20.6. The number of nitrogens with zero attached hydrogens (tertiary/aromatic N) is 1. The molecule has 6 nitrogen and oxygen atoms in total. The smallest absolute Gasteiger partial charge is 0.422 e. The molecule has 0 spiro atoms. The molecule has 1 amide bonds. The Labute approximate surface area is 144 Å². The number of guanidine groups is 1. The molecular formula is C16H23F3N4O2. The van der Waals surface area contributed by atoms with Crippen molar-refractivity contribution in [2.24, 2.45) is 4.99 Å². The van der Waals surface area contributed by atoms with E-state index < -0.39 is 12.8 Å². The summed E-state index contributed by atoms with van der Waals surface area (Å²) in [4.78, 5) is 15.8. The fraction of sp³-hybridized carbons (Fsp3) is 0.500. The van der Waals surface area contributed by atoms with Gasteiger partial charge in [0.2, 0.25) is 5.91 Å². The summed E-state index contributed by atoms with van der Waals surface area (Å²) in [6.45, 7) is 4.00. The molecule has 1 aromatic rings. The van der Waals surface area contributed by atoms with Crippen LogP contribution in [0.2, 0.25) is 0 Å². The molecule has 0 bridgehead atoms. The van der Waals surface area contributed by atoms with Crippen LogP contribution in [0.15, 0.2) is 29.3 Å². The fourth-order valence-corrected chi connectivity index (χ4v) is 1.79. The SMILES string of the molecule is CCNC(=O)CNC(=NCc1ccc(OCC(F)(F)F)cc1)NCC. The maximum absolute atomic E-state index is 12.1. The van der Waals surface area contributed by atoms with Gasteiger partial charge in [0.1, 0.15) is 5.75 Å². The molecular weight excluding hydrogens is 337 g/mol. The summed E-state index contributed by atoms with van der Waals surface area (Å²) in [5, 5.41) is 8.58. The Morgan fingerprint density at radius 2 is 1.72 bits per heavy atom. The minimum absolute atomic E-state index is 0.101. The topological polar surface area (TPSA) is 74.8 Å². The zero-order valence-electron chi connectivity index (χ0n) is 14.2. The van der Waals surface area contributed by atoms with Gasteiger partial charge in [-0.15, -0.1) is 0 Å². The van der Waals surface area contributed by atoms with Gasteiger partial charge in [-0.05, 0) is 31.5 Å². The Hall–Kier alpha value is -2.45. The van der Waals surface area contributed by atoms with E-state index in [2.05, 4.69) is 25.7 Å². The molecule has 0 heterocycles. The van der Waals surface area contributed by atoms with Gasteiger partial charge in [-0.3, -0.25) is 4.79 Å². The lowest BCUT2D eigenvalue weighted by molar-refractivity contribution is -0.153. The number of hydrogen-bond acceptors (Lipinski definition) is 3. The quantitative estimate of drug-likeness (QED) is 0.488. The summed E-state index contributed by atoms with van der Waals surface area (Å²) in [6.07, 6.45) is -4.36. The van der Waals surface area contributed by atoms with Gasteiger partial charge >= 0.3 is 6.18 Å². The zero-order chi connectivity index (χ0) is 18.7. The van der Waals surface area contributed by atoms with Crippen LogP contribution in [0.5, 0.6) is 5.75 Å². The molecule has 0 saturated heterocycles. The highest BCUT2D eigenvalue weighted by Gasteiger charge is 2.28. The van der Waals surface area contributed by atoms with Crippen LogP contribution in [0.4, 0.5) is 13.2 Å². The lowest BCUT2D eigenvalue weighted by Gasteiger charge is -2.11. The minimum Gasteiger partial charge on any atom is -0.484 e. The highest BCUT2D eigenvalue weighted by Crippen LogP contribution is 2.19. The first-order valence-corrected chi connectivity index (χ1v) is 7.91. The van der Waals surface area contributed by atoms with E-state index in [0.29, 0.717) is 25.6 Å². The molecule has 0 radical (unpaired) electrons. The number of amides is 1. The Balaban J connectivity index is 2.56. The summed E-state index contributed by atoms with van der Waals surface area (Å²) in [6, 6.07) is 6.21. The number of carbonyl (C=O) groups excluding carboxylic acids is 1. The Morgan fingerprint density at radius 1 is 1.08 bits per heavy atom. The first-order chi connectivity index (χ1) is 11.8. The predicted octanol–water partition coefficient (Wildman–Crippen LogP) is 1.82. The first-order valence-electron chi connectivity index (χ1n) is 7.91. The van der Waals surface area contributed by atoms with E-state index in [0.717, 1.165) is 5.56 Å². The third-order valence-electron chi connectivity index (χ3n) is 2.88. The third-order valence-corrected chi connectivity index (χ3v) is 2.88. The van der Waals surface area contributed by atoms with E-state index in [1.165, 1.54) is 12.1 Å². The van der Waals surface area contributed by atoms with Gasteiger partial charge in [-0.25, -0.2) is 4.99 Å². The Morgan fingerprint density at radius 3 is 2.28 bits per heavy atom. The summed E-state index contributed by atoms with van der Waals surface area (Å²) in [5.41, 5.74) is 0.801. The summed E-state index contributed by atoms with van der Waals surface area (Å²) in [5.74, 6) is 0.483. The van der Waals surface area contributed by atoms with Crippen molar-refractivity contribution in [1.82, 2.24) is 16.0 Å². The second-order valence-corrected chi connectivity index (χ2v) is 5.05. The van der Waals surface area contributed by atoms with E-state index in [9.17, 15) is 18.0 Å². The van der Waals surface area contributed by atoms with Gasteiger partial charge in [-0.1, -0.05) is 12.1 Å². The summed E-state index contributed by atoms with van der Waals surface area (Å²) >= 11 is 0. The second kappa shape index (κ2) is 10.4. The van der Waals surface area contributed by atoms with Crippen molar-refractivity contribution < 1.29 is 22.7 Å². The molecule has 3 N–H and O–H groups in total. The van der Waals surface area contributed by atoms with Gasteiger partial charge < -0.3 is 20.7 Å². The largest absolute Gasteiger partial charge is 0.484 e. The molecule has 140 valence electrons. The number of halogens is 3. The van der Waals surface area contributed by atoms with E-state index in [4.69, 9.17) is 0 Å². The average Bonchev–Trinajstić information content (AvgIpc) is 2.56. The van der Waals surface area contributed by atoms with Crippen LogP contribution < -0.4 is 20.7 Å². The van der Waals surface area contributed by atoms with Gasteiger partial charge in [0.05, 0.1) is 13.1 Å². The van der Waals surface area contributed by atoms with Crippen molar-refractivity contribution in [3.05, 3.63) is 29.8 Å². The molecule has 1 rings (SSSR count). The molecule has 0 aliphatic heterocycles. The number of alkyl halides is 3.